The average molecular weight is 441 g/mol. The van der Waals surface area contributed by atoms with Gasteiger partial charge in [-0.1, -0.05) is 27.5 Å². The number of rotatable bonds is 4. The number of halogens is 2. The molecule has 0 amide bonds. The molecule has 0 aliphatic carbocycles. The van der Waals surface area contributed by atoms with Gasteiger partial charge >= 0.3 is 0 Å². The first-order valence-electron chi connectivity index (χ1n) is 8.56. The largest absolute Gasteiger partial charge is 0.370 e. The summed E-state index contributed by atoms with van der Waals surface area (Å²) in [5.41, 5.74) is 2.27. The zero-order chi connectivity index (χ0) is 18.5. The fourth-order valence-corrected chi connectivity index (χ4v) is 3.67. The molecule has 140 valence electrons. The Bertz CT molecular complexity index is 779. The SMILES string of the molecule is CN=C(NCCc1cc(Cl)ccc1Br)N1CCOC(c2cnn(C)c2)C1. The number of nitrogens with one attached hydrogen (secondary N) is 1. The van der Waals surface area contributed by atoms with Gasteiger partial charge in [-0.15, -0.1) is 0 Å². The smallest absolute Gasteiger partial charge is 0.193 e. The molecule has 1 aromatic heterocycles. The van der Waals surface area contributed by atoms with Crippen molar-refractivity contribution in [1.29, 1.82) is 0 Å². The van der Waals surface area contributed by atoms with E-state index in [1.807, 2.05) is 44.7 Å². The fraction of sp³-hybridized carbons (Fsp3) is 0.444. The van der Waals surface area contributed by atoms with Crippen LogP contribution in [0.4, 0.5) is 0 Å². The van der Waals surface area contributed by atoms with Crippen LogP contribution in [0.25, 0.3) is 0 Å². The molecule has 0 saturated carbocycles. The van der Waals surface area contributed by atoms with Gasteiger partial charge in [0.2, 0.25) is 0 Å². The van der Waals surface area contributed by atoms with Crippen LogP contribution in [0.15, 0.2) is 40.1 Å². The number of aryl methyl sites for hydroxylation is 1. The van der Waals surface area contributed by atoms with Crippen molar-refractivity contribution in [2.45, 2.75) is 12.5 Å². The van der Waals surface area contributed by atoms with Gasteiger partial charge in [0.1, 0.15) is 6.10 Å². The molecule has 26 heavy (non-hydrogen) atoms. The molecule has 0 spiro atoms. The normalized spacial score (nSPS) is 18.2. The van der Waals surface area contributed by atoms with E-state index in [9.17, 15) is 0 Å². The van der Waals surface area contributed by atoms with E-state index in [-0.39, 0.29) is 6.10 Å². The molecule has 1 aliphatic rings. The minimum atomic E-state index is 0.0121. The predicted octanol–water partition coefficient (Wildman–Crippen LogP) is 3.03. The second-order valence-electron chi connectivity index (χ2n) is 6.21. The highest BCUT2D eigenvalue weighted by atomic mass is 79.9. The Morgan fingerprint density at radius 2 is 2.35 bits per heavy atom. The summed E-state index contributed by atoms with van der Waals surface area (Å²) in [6, 6.07) is 5.85. The third-order valence-electron chi connectivity index (χ3n) is 4.36. The number of hydrogen-bond acceptors (Lipinski definition) is 3. The lowest BCUT2D eigenvalue weighted by molar-refractivity contribution is -0.00800. The molecule has 6 nitrogen and oxygen atoms in total. The van der Waals surface area contributed by atoms with Crippen molar-refractivity contribution < 1.29 is 4.74 Å². The first-order chi connectivity index (χ1) is 12.6. The summed E-state index contributed by atoms with van der Waals surface area (Å²) in [6.07, 6.45) is 4.73. The molecule has 1 N–H and O–H groups in total. The minimum absolute atomic E-state index is 0.0121. The molecule has 3 rings (SSSR count). The van der Waals surface area contributed by atoms with E-state index in [1.54, 1.807) is 4.68 Å². The van der Waals surface area contributed by atoms with Gasteiger partial charge in [0, 0.05) is 48.4 Å². The number of benzene rings is 1. The standard InChI is InChI=1S/C18H23BrClN5O/c1-21-18(22-6-5-13-9-15(20)3-4-16(13)19)25-7-8-26-17(12-25)14-10-23-24(2)11-14/h3-4,9-11,17H,5-8,12H2,1-2H3,(H,21,22). The van der Waals surface area contributed by atoms with E-state index >= 15 is 0 Å². The second-order valence-corrected chi connectivity index (χ2v) is 7.50. The van der Waals surface area contributed by atoms with E-state index in [4.69, 9.17) is 16.3 Å². The number of aromatic nitrogens is 2. The molecule has 1 atom stereocenters. The zero-order valence-corrected chi connectivity index (χ0v) is 17.3. The maximum Gasteiger partial charge on any atom is 0.193 e. The van der Waals surface area contributed by atoms with Crippen LogP contribution in [-0.2, 0) is 18.2 Å². The van der Waals surface area contributed by atoms with Crippen molar-refractivity contribution in [3.8, 4) is 0 Å². The zero-order valence-electron chi connectivity index (χ0n) is 15.0. The summed E-state index contributed by atoms with van der Waals surface area (Å²) in [4.78, 5) is 6.66. The molecule has 1 saturated heterocycles. The monoisotopic (exact) mass is 439 g/mol. The molecular weight excluding hydrogens is 418 g/mol. The summed E-state index contributed by atoms with van der Waals surface area (Å²) in [7, 11) is 3.73. The lowest BCUT2D eigenvalue weighted by Gasteiger charge is -2.34. The number of ether oxygens (including phenoxy) is 1. The van der Waals surface area contributed by atoms with Crippen LogP contribution in [-0.4, -0.2) is 53.9 Å². The van der Waals surface area contributed by atoms with Crippen molar-refractivity contribution in [3.05, 3.63) is 51.2 Å². The van der Waals surface area contributed by atoms with Gasteiger partial charge < -0.3 is 15.0 Å². The predicted molar refractivity (Wildman–Crippen MR) is 108 cm³/mol. The van der Waals surface area contributed by atoms with Crippen LogP contribution in [0.3, 0.4) is 0 Å². The van der Waals surface area contributed by atoms with E-state index < -0.39 is 0 Å². The Hall–Kier alpha value is -1.57. The maximum atomic E-state index is 6.09. The van der Waals surface area contributed by atoms with Crippen molar-refractivity contribution in [3.63, 3.8) is 0 Å². The summed E-state index contributed by atoms with van der Waals surface area (Å²) < 4.78 is 8.78. The minimum Gasteiger partial charge on any atom is -0.370 e. The molecule has 2 aromatic rings. The van der Waals surface area contributed by atoms with Gasteiger partial charge in [-0.25, -0.2) is 0 Å². The molecule has 1 aliphatic heterocycles. The van der Waals surface area contributed by atoms with Gasteiger partial charge in [-0.3, -0.25) is 9.67 Å². The van der Waals surface area contributed by atoms with Gasteiger partial charge in [-0.2, -0.15) is 5.10 Å². The van der Waals surface area contributed by atoms with Crippen LogP contribution in [0.2, 0.25) is 5.02 Å². The van der Waals surface area contributed by atoms with E-state index in [0.29, 0.717) is 6.61 Å². The fourth-order valence-electron chi connectivity index (χ4n) is 3.03. The van der Waals surface area contributed by atoms with Crippen LogP contribution in [0, 0.1) is 0 Å². The van der Waals surface area contributed by atoms with Gasteiger partial charge in [0.25, 0.3) is 0 Å². The number of aliphatic imine (C=N–C) groups is 1. The van der Waals surface area contributed by atoms with Gasteiger partial charge in [0.05, 0.1) is 19.3 Å². The molecule has 1 aromatic carbocycles. The topological polar surface area (TPSA) is 54.7 Å². The number of morpholine rings is 1. The molecule has 0 radical (unpaired) electrons. The van der Waals surface area contributed by atoms with E-state index in [2.05, 4.69) is 36.2 Å². The molecule has 2 heterocycles. The molecule has 1 unspecified atom stereocenters. The first-order valence-corrected chi connectivity index (χ1v) is 9.73. The van der Waals surface area contributed by atoms with Gasteiger partial charge in [-0.05, 0) is 30.2 Å². The van der Waals surface area contributed by atoms with Crippen LogP contribution in [0.5, 0.6) is 0 Å². The van der Waals surface area contributed by atoms with E-state index in [0.717, 1.165) is 47.1 Å². The Morgan fingerprint density at radius 1 is 1.50 bits per heavy atom. The Morgan fingerprint density at radius 3 is 3.08 bits per heavy atom. The maximum absolute atomic E-state index is 6.09. The number of guanidine groups is 1. The summed E-state index contributed by atoms with van der Waals surface area (Å²) in [6.45, 7) is 3.02. The van der Waals surface area contributed by atoms with E-state index in [1.165, 1.54) is 5.56 Å². The van der Waals surface area contributed by atoms with Crippen molar-refractivity contribution in [2.24, 2.45) is 12.0 Å². The highest BCUT2D eigenvalue weighted by Gasteiger charge is 2.25. The quantitative estimate of drug-likeness (QED) is 0.586. The molecule has 8 heteroatoms. The summed E-state index contributed by atoms with van der Waals surface area (Å²) in [5, 5.41) is 8.43. The lowest BCUT2D eigenvalue weighted by Crippen LogP contribution is -2.48. The van der Waals surface area contributed by atoms with Crippen LogP contribution >= 0.6 is 27.5 Å². The van der Waals surface area contributed by atoms with Crippen LogP contribution in [0.1, 0.15) is 17.2 Å². The lowest BCUT2D eigenvalue weighted by atomic mass is 10.1. The highest BCUT2D eigenvalue weighted by Crippen LogP contribution is 2.22. The number of nitrogens with zero attached hydrogens (tertiary/aromatic N) is 4. The van der Waals surface area contributed by atoms with Crippen molar-refractivity contribution in [2.75, 3.05) is 33.3 Å². The third kappa shape index (κ3) is 4.78. The van der Waals surface area contributed by atoms with Gasteiger partial charge in [0.15, 0.2) is 5.96 Å². The van der Waals surface area contributed by atoms with Crippen molar-refractivity contribution in [1.82, 2.24) is 20.0 Å². The second kappa shape index (κ2) is 8.88. The average Bonchev–Trinajstić information content (AvgIpc) is 3.08. The Kier molecular flexibility index (Phi) is 6.56. The summed E-state index contributed by atoms with van der Waals surface area (Å²) in [5.74, 6) is 0.889. The highest BCUT2D eigenvalue weighted by molar-refractivity contribution is 9.10. The third-order valence-corrected chi connectivity index (χ3v) is 5.37. The number of hydrogen-bond donors (Lipinski definition) is 1. The Labute approximate surface area is 167 Å². The molecule has 1 fully saturated rings. The van der Waals surface area contributed by atoms with Crippen LogP contribution < -0.4 is 5.32 Å². The van der Waals surface area contributed by atoms with Crippen molar-refractivity contribution >= 4 is 33.5 Å². The summed E-state index contributed by atoms with van der Waals surface area (Å²) >= 11 is 9.66. The molecule has 0 bridgehead atoms. The molecular formula is C18H23BrClN5O. The first kappa shape index (κ1) is 19.2. The Balaban J connectivity index is 1.57.